The SMILES string of the molecule is CCOC(=O)c1cccc(-n2c(C(=O)N3CCC(F)(F)CC3)cc3cc(C(=O)N4CCN(C(C)C)CC4)ccc32)c1. The molecule has 3 heterocycles. The largest absolute Gasteiger partial charge is 0.462 e. The number of aromatic nitrogens is 1. The molecule has 3 aromatic rings. The molecule has 1 aromatic heterocycles. The summed E-state index contributed by atoms with van der Waals surface area (Å²) in [6, 6.07) is 14.2. The van der Waals surface area contributed by atoms with Crippen molar-refractivity contribution in [2.75, 3.05) is 45.9 Å². The number of piperidine rings is 1. The second-order valence-corrected chi connectivity index (χ2v) is 11.0. The molecule has 0 atom stereocenters. The molecular formula is C31H36F2N4O4. The van der Waals surface area contributed by atoms with E-state index in [1.165, 1.54) is 4.90 Å². The molecule has 41 heavy (non-hydrogen) atoms. The number of alkyl halides is 2. The Bertz CT molecular complexity index is 1450. The molecule has 2 amide bonds. The van der Waals surface area contributed by atoms with Gasteiger partial charge in [0.25, 0.3) is 17.7 Å². The van der Waals surface area contributed by atoms with Crippen molar-refractivity contribution in [3.8, 4) is 5.69 Å². The first-order chi connectivity index (χ1) is 19.6. The summed E-state index contributed by atoms with van der Waals surface area (Å²) >= 11 is 0. The van der Waals surface area contributed by atoms with Crippen LogP contribution in [0.15, 0.2) is 48.5 Å². The zero-order valence-electron chi connectivity index (χ0n) is 23.7. The lowest BCUT2D eigenvalue weighted by molar-refractivity contribution is -0.0495. The second kappa shape index (κ2) is 11.6. The highest BCUT2D eigenvalue weighted by Crippen LogP contribution is 2.31. The standard InChI is InChI=1S/C31H36F2N4O4/c1-4-41-30(40)23-6-5-7-25(19-23)37-26-9-8-22(28(38)36-16-14-34(15-17-36)21(2)3)18-24(26)20-27(37)29(39)35-12-10-31(32,33)11-13-35/h5-9,18-21H,4,10-17H2,1-3H3. The van der Waals surface area contributed by atoms with E-state index in [9.17, 15) is 23.2 Å². The first-order valence-electron chi connectivity index (χ1n) is 14.2. The van der Waals surface area contributed by atoms with Crippen molar-refractivity contribution in [1.29, 1.82) is 0 Å². The minimum Gasteiger partial charge on any atom is -0.462 e. The molecule has 0 spiro atoms. The van der Waals surface area contributed by atoms with Crippen LogP contribution in [0.2, 0.25) is 0 Å². The van der Waals surface area contributed by atoms with Gasteiger partial charge in [-0.3, -0.25) is 14.5 Å². The Morgan fingerprint density at radius 1 is 0.854 bits per heavy atom. The molecule has 5 rings (SSSR count). The number of hydrogen-bond acceptors (Lipinski definition) is 5. The van der Waals surface area contributed by atoms with Crippen LogP contribution in [-0.2, 0) is 4.74 Å². The highest BCUT2D eigenvalue weighted by atomic mass is 19.3. The molecule has 8 nitrogen and oxygen atoms in total. The Kier molecular flexibility index (Phi) is 8.13. The molecule has 2 aromatic carbocycles. The van der Waals surface area contributed by atoms with Crippen LogP contribution in [0.25, 0.3) is 16.6 Å². The average molecular weight is 567 g/mol. The number of halogens is 2. The normalized spacial score (nSPS) is 17.7. The van der Waals surface area contributed by atoms with E-state index in [0.717, 1.165) is 13.1 Å². The molecule has 0 N–H and O–H groups in total. The fourth-order valence-electron chi connectivity index (χ4n) is 5.59. The summed E-state index contributed by atoms with van der Waals surface area (Å²) in [4.78, 5) is 45.2. The molecular weight excluding hydrogens is 530 g/mol. The van der Waals surface area contributed by atoms with Crippen LogP contribution in [0, 0.1) is 0 Å². The number of nitrogens with zero attached hydrogens (tertiary/aromatic N) is 4. The third-order valence-electron chi connectivity index (χ3n) is 8.00. The third-order valence-corrected chi connectivity index (χ3v) is 8.00. The van der Waals surface area contributed by atoms with E-state index in [0.29, 0.717) is 46.8 Å². The van der Waals surface area contributed by atoms with Gasteiger partial charge in [-0.2, -0.15) is 0 Å². The Morgan fingerprint density at radius 2 is 1.54 bits per heavy atom. The lowest BCUT2D eigenvalue weighted by Crippen LogP contribution is -2.50. The molecule has 218 valence electrons. The molecule has 0 radical (unpaired) electrons. The Labute approximate surface area is 238 Å². The summed E-state index contributed by atoms with van der Waals surface area (Å²) in [6.45, 7) is 9.04. The first-order valence-corrected chi connectivity index (χ1v) is 14.2. The predicted octanol–water partition coefficient (Wildman–Crippen LogP) is 4.84. The van der Waals surface area contributed by atoms with E-state index in [-0.39, 0.29) is 50.0 Å². The first kappa shape index (κ1) is 28.7. The number of likely N-dealkylation sites (tertiary alicyclic amines) is 1. The summed E-state index contributed by atoms with van der Waals surface area (Å²) in [7, 11) is 0. The molecule has 2 fully saturated rings. The number of hydrogen-bond donors (Lipinski definition) is 0. The van der Waals surface area contributed by atoms with Gasteiger partial charge in [0.15, 0.2) is 0 Å². The zero-order chi connectivity index (χ0) is 29.3. The van der Waals surface area contributed by atoms with Gasteiger partial charge in [-0.1, -0.05) is 6.07 Å². The van der Waals surface area contributed by atoms with Crippen molar-refractivity contribution < 1.29 is 27.9 Å². The maximum absolute atomic E-state index is 13.8. The lowest BCUT2D eigenvalue weighted by Gasteiger charge is -2.37. The van der Waals surface area contributed by atoms with Crippen molar-refractivity contribution in [3.05, 3.63) is 65.4 Å². The van der Waals surface area contributed by atoms with Gasteiger partial charge >= 0.3 is 5.97 Å². The van der Waals surface area contributed by atoms with Gasteiger partial charge in [-0.05, 0) is 63.2 Å². The number of esters is 1. The summed E-state index contributed by atoms with van der Waals surface area (Å²) in [5.74, 6) is -3.72. The van der Waals surface area contributed by atoms with Crippen molar-refractivity contribution in [3.63, 3.8) is 0 Å². The number of piperazine rings is 1. The van der Waals surface area contributed by atoms with Crippen LogP contribution in [0.1, 0.15) is 64.8 Å². The number of benzene rings is 2. The summed E-state index contributed by atoms with van der Waals surface area (Å²) in [6.07, 6.45) is -0.778. The second-order valence-electron chi connectivity index (χ2n) is 11.0. The molecule has 10 heteroatoms. The smallest absolute Gasteiger partial charge is 0.338 e. The van der Waals surface area contributed by atoms with Crippen LogP contribution in [-0.4, -0.2) is 94.9 Å². The number of carbonyl (C=O) groups is 3. The van der Waals surface area contributed by atoms with Gasteiger partial charge in [0.2, 0.25) is 0 Å². The van der Waals surface area contributed by atoms with Crippen molar-refractivity contribution in [2.24, 2.45) is 0 Å². The van der Waals surface area contributed by atoms with Gasteiger partial charge in [0, 0.05) is 74.8 Å². The summed E-state index contributed by atoms with van der Waals surface area (Å²) in [5, 5.41) is 0.670. The number of ether oxygens (including phenoxy) is 1. The zero-order valence-corrected chi connectivity index (χ0v) is 23.7. The van der Waals surface area contributed by atoms with E-state index in [4.69, 9.17) is 4.74 Å². The van der Waals surface area contributed by atoms with E-state index in [2.05, 4.69) is 18.7 Å². The molecule has 0 unspecified atom stereocenters. The van der Waals surface area contributed by atoms with E-state index in [1.54, 1.807) is 60.0 Å². The third kappa shape index (κ3) is 5.98. The molecule has 2 saturated heterocycles. The molecule has 0 saturated carbocycles. The number of carbonyl (C=O) groups excluding carboxylic acids is 3. The fourth-order valence-corrected chi connectivity index (χ4v) is 5.59. The van der Waals surface area contributed by atoms with E-state index in [1.807, 2.05) is 4.90 Å². The highest BCUT2D eigenvalue weighted by molar-refractivity contribution is 6.03. The van der Waals surface area contributed by atoms with Gasteiger partial charge in [-0.25, -0.2) is 13.6 Å². The summed E-state index contributed by atoms with van der Waals surface area (Å²) < 4.78 is 34.6. The number of amides is 2. The van der Waals surface area contributed by atoms with Crippen molar-refractivity contribution >= 4 is 28.7 Å². The van der Waals surface area contributed by atoms with Crippen LogP contribution < -0.4 is 0 Å². The van der Waals surface area contributed by atoms with Crippen LogP contribution in [0.4, 0.5) is 8.78 Å². The molecule has 0 bridgehead atoms. The van der Waals surface area contributed by atoms with Crippen LogP contribution in [0.3, 0.4) is 0 Å². The number of rotatable bonds is 6. The topological polar surface area (TPSA) is 75.1 Å². The Morgan fingerprint density at radius 3 is 2.20 bits per heavy atom. The lowest BCUT2D eigenvalue weighted by atomic mass is 10.1. The highest BCUT2D eigenvalue weighted by Gasteiger charge is 2.36. The Hall–Kier alpha value is -3.79. The average Bonchev–Trinajstić information content (AvgIpc) is 3.35. The maximum atomic E-state index is 13.8. The minimum atomic E-state index is -2.78. The fraction of sp³-hybridized carbons (Fsp3) is 0.452. The van der Waals surface area contributed by atoms with E-state index < -0.39 is 11.9 Å². The molecule has 2 aliphatic rings. The summed E-state index contributed by atoms with van der Waals surface area (Å²) in [5.41, 5.74) is 2.35. The van der Waals surface area contributed by atoms with Crippen molar-refractivity contribution in [2.45, 2.75) is 45.6 Å². The van der Waals surface area contributed by atoms with Crippen molar-refractivity contribution in [1.82, 2.24) is 19.3 Å². The van der Waals surface area contributed by atoms with Crippen LogP contribution in [0.5, 0.6) is 0 Å². The quantitative estimate of drug-likeness (QED) is 0.399. The Balaban J connectivity index is 1.52. The molecule has 2 aliphatic heterocycles. The predicted molar refractivity (Wildman–Crippen MR) is 152 cm³/mol. The van der Waals surface area contributed by atoms with Gasteiger partial charge < -0.3 is 19.1 Å². The molecule has 0 aliphatic carbocycles. The van der Waals surface area contributed by atoms with E-state index >= 15 is 0 Å². The van der Waals surface area contributed by atoms with Crippen LogP contribution >= 0.6 is 0 Å². The maximum Gasteiger partial charge on any atom is 0.338 e. The van der Waals surface area contributed by atoms with Gasteiger partial charge in [0.1, 0.15) is 5.69 Å². The minimum absolute atomic E-state index is 0.0533. The van der Waals surface area contributed by atoms with Gasteiger partial charge in [0.05, 0.1) is 17.7 Å². The van der Waals surface area contributed by atoms with Gasteiger partial charge in [-0.15, -0.1) is 0 Å². The number of fused-ring (bicyclic) bond motifs is 1. The monoisotopic (exact) mass is 566 g/mol.